The number of hydrogen-bond donors (Lipinski definition) is 3. The van der Waals surface area contributed by atoms with Crippen LogP contribution in [0.2, 0.25) is 0 Å². The Morgan fingerprint density at radius 2 is 1.43 bits per heavy atom. The maximum Gasteiger partial charge on any atom is 0.408 e. The number of carbonyl (C=O) groups excluding carboxylic acids is 5. The summed E-state index contributed by atoms with van der Waals surface area (Å²) in [6.45, 7) is 15.9. The van der Waals surface area contributed by atoms with E-state index in [0.29, 0.717) is 5.56 Å². The first kappa shape index (κ1) is 37.8. The van der Waals surface area contributed by atoms with Crippen LogP contribution in [-0.4, -0.2) is 64.5 Å². The Morgan fingerprint density at radius 1 is 0.826 bits per heavy atom. The number of alkyl carbamates (subject to hydrolysis) is 1. The maximum atomic E-state index is 14.3. The number of benzene rings is 2. The third-order valence-electron chi connectivity index (χ3n) is 6.99. The number of primary amides is 1. The Labute approximate surface area is 272 Å². The van der Waals surface area contributed by atoms with Gasteiger partial charge in [0.15, 0.2) is 0 Å². The number of carbonyl (C=O) groups is 5. The van der Waals surface area contributed by atoms with Gasteiger partial charge in [-0.3, -0.25) is 14.4 Å². The topological polar surface area (TPSA) is 157 Å². The van der Waals surface area contributed by atoms with Gasteiger partial charge in [-0.05, 0) is 91.0 Å². The lowest BCUT2D eigenvalue weighted by atomic mass is 9.97. The van der Waals surface area contributed by atoms with Crippen molar-refractivity contribution in [1.29, 1.82) is 0 Å². The molecule has 0 aliphatic carbocycles. The summed E-state index contributed by atoms with van der Waals surface area (Å²) in [5.74, 6) is -2.51. The predicted molar refractivity (Wildman–Crippen MR) is 176 cm³/mol. The molecule has 0 saturated carbocycles. The van der Waals surface area contributed by atoms with Crippen molar-refractivity contribution in [1.82, 2.24) is 15.5 Å². The second-order valence-electron chi connectivity index (χ2n) is 13.4. The van der Waals surface area contributed by atoms with Gasteiger partial charge in [0, 0.05) is 19.4 Å². The Hall–Kier alpha value is -4.41. The number of aryl methyl sites for hydroxylation is 2. The molecule has 0 aliphatic rings. The fraction of sp³-hybridized carbons (Fsp3) is 0.514. The van der Waals surface area contributed by atoms with Crippen LogP contribution in [-0.2, 0) is 35.1 Å². The monoisotopic (exact) mass is 638 g/mol. The fourth-order valence-corrected chi connectivity index (χ4v) is 4.73. The van der Waals surface area contributed by atoms with E-state index in [1.54, 1.807) is 54.5 Å². The number of likely N-dealkylation sites (N-methyl/N-ethyl adjacent to an activating group) is 1. The van der Waals surface area contributed by atoms with Crippen molar-refractivity contribution in [2.75, 3.05) is 6.54 Å². The fourth-order valence-electron chi connectivity index (χ4n) is 4.73. The van der Waals surface area contributed by atoms with E-state index in [4.69, 9.17) is 15.2 Å². The van der Waals surface area contributed by atoms with Crippen molar-refractivity contribution >= 4 is 29.8 Å². The van der Waals surface area contributed by atoms with E-state index in [2.05, 4.69) is 10.6 Å². The minimum absolute atomic E-state index is 0.0582. The summed E-state index contributed by atoms with van der Waals surface area (Å²) in [5, 5.41) is 5.42. The Bertz CT molecular complexity index is 1380. The molecule has 3 atom stereocenters. The van der Waals surface area contributed by atoms with Crippen molar-refractivity contribution in [2.45, 2.75) is 111 Å². The minimum atomic E-state index is -1.23. The van der Waals surface area contributed by atoms with Crippen LogP contribution in [0.1, 0.15) is 89.6 Å². The molecular formula is C35H50N4O7. The second-order valence-corrected chi connectivity index (χ2v) is 13.4. The number of rotatable bonds is 13. The van der Waals surface area contributed by atoms with E-state index in [0.717, 1.165) is 16.7 Å². The smallest absolute Gasteiger partial charge is 0.408 e. The zero-order chi connectivity index (χ0) is 34.8. The van der Waals surface area contributed by atoms with Crippen molar-refractivity contribution < 1.29 is 33.4 Å². The molecule has 252 valence electrons. The average molecular weight is 639 g/mol. The van der Waals surface area contributed by atoms with E-state index in [-0.39, 0.29) is 25.8 Å². The number of hydrogen-bond acceptors (Lipinski definition) is 7. The van der Waals surface area contributed by atoms with Gasteiger partial charge in [-0.15, -0.1) is 0 Å². The summed E-state index contributed by atoms with van der Waals surface area (Å²) in [6, 6.07) is 11.1. The van der Waals surface area contributed by atoms with Crippen LogP contribution in [0.15, 0.2) is 48.5 Å². The average Bonchev–Trinajstić information content (AvgIpc) is 2.93. The first-order chi connectivity index (χ1) is 21.3. The van der Waals surface area contributed by atoms with Crippen LogP contribution in [0, 0.1) is 13.8 Å². The van der Waals surface area contributed by atoms with Gasteiger partial charge in [0.1, 0.15) is 29.3 Å². The third kappa shape index (κ3) is 12.2. The van der Waals surface area contributed by atoms with Crippen molar-refractivity contribution in [3.8, 4) is 0 Å². The Morgan fingerprint density at radius 3 is 1.96 bits per heavy atom. The molecule has 3 unspecified atom stereocenters. The van der Waals surface area contributed by atoms with Crippen LogP contribution in [0.25, 0.3) is 0 Å². The molecule has 0 fully saturated rings. The van der Waals surface area contributed by atoms with Gasteiger partial charge in [-0.25, -0.2) is 9.59 Å². The SMILES string of the molecule is CCN(C(=O)C(CCC(N)=O)NC(=O)OC(C)(C)C)C(C(=O)NC(Cc1ccccc1)C(=O)OC(C)(C)C)c1ccc(C)c(C)c1. The van der Waals surface area contributed by atoms with Crippen LogP contribution in [0.4, 0.5) is 4.79 Å². The Kier molecular flexibility index (Phi) is 13.3. The van der Waals surface area contributed by atoms with Gasteiger partial charge in [0.25, 0.3) is 0 Å². The molecule has 0 spiro atoms. The highest BCUT2D eigenvalue weighted by Gasteiger charge is 2.38. The molecule has 0 heterocycles. The molecule has 0 radical (unpaired) electrons. The first-order valence-electron chi connectivity index (χ1n) is 15.5. The highest BCUT2D eigenvalue weighted by molar-refractivity contribution is 5.94. The number of ether oxygens (including phenoxy) is 2. The summed E-state index contributed by atoms with van der Waals surface area (Å²) in [5.41, 5.74) is 6.92. The number of amides is 4. The lowest BCUT2D eigenvalue weighted by Crippen LogP contribution is -2.55. The second kappa shape index (κ2) is 16.2. The van der Waals surface area contributed by atoms with Crippen molar-refractivity contribution in [2.24, 2.45) is 5.73 Å². The summed E-state index contributed by atoms with van der Waals surface area (Å²) in [6.07, 6.45) is -1.00. The summed E-state index contributed by atoms with van der Waals surface area (Å²) in [7, 11) is 0. The molecular weight excluding hydrogens is 588 g/mol. The molecule has 4 amide bonds. The number of nitrogens with one attached hydrogen (secondary N) is 2. The largest absolute Gasteiger partial charge is 0.458 e. The summed E-state index contributed by atoms with van der Waals surface area (Å²) < 4.78 is 11.0. The van der Waals surface area contributed by atoms with Crippen LogP contribution >= 0.6 is 0 Å². The van der Waals surface area contributed by atoms with Gasteiger partial charge in [-0.1, -0.05) is 48.5 Å². The molecule has 46 heavy (non-hydrogen) atoms. The van der Waals surface area contributed by atoms with E-state index < -0.39 is 59.1 Å². The lowest BCUT2D eigenvalue weighted by Gasteiger charge is -2.35. The normalized spacial score (nSPS) is 13.5. The molecule has 2 rings (SSSR count). The van der Waals surface area contributed by atoms with Crippen LogP contribution in [0.3, 0.4) is 0 Å². The molecule has 11 nitrogen and oxygen atoms in total. The van der Waals surface area contributed by atoms with Crippen LogP contribution in [0.5, 0.6) is 0 Å². The molecule has 4 N–H and O–H groups in total. The number of nitrogens with zero attached hydrogens (tertiary/aromatic N) is 1. The van der Waals surface area contributed by atoms with Gasteiger partial charge in [0.2, 0.25) is 17.7 Å². The zero-order valence-corrected chi connectivity index (χ0v) is 28.6. The van der Waals surface area contributed by atoms with Crippen LogP contribution < -0.4 is 16.4 Å². The number of nitrogens with two attached hydrogens (primary N) is 1. The quantitative estimate of drug-likeness (QED) is 0.274. The highest BCUT2D eigenvalue weighted by Crippen LogP contribution is 2.26. The van der Waals surface area contributed by atoms with Gasteiger partial charge < -0.3 is 30.7 Å². The molecule has 0 aromatic heterocycles. The van der Waals surface area contributed by atoms with E-state index in [1.807, 2.05) is 56.3 Å². The highest BCUT2D eigenvalue weighted by atomic mass is 16.6. The third-order valence-corrected chi connectivity index (χ3v) is 6.99. The minimum Gasteiger partial charge on any atom is -0.458 e. The zero-order valence-electron chi connectivity index (χ0n) is 28.6. The molecule has 2 aromatic rings. The summed E-state index contributed by atoms with van der Waals surface area (Å²) in [4.78, 5) is 67.7. The standard InChI is InChI=1S/C35H50N4O7/c1-10-39(31(42)26(18-19-28(36)40)38-33(44)46-35(7,8)9)29(25-17-16-22(2)23(3)20-25)30(41)37-27(32(43)45-34(4,5)6)21-24-14-12-11-13-15-24/h11-17,20,26-27,29H,10,18-19,21H2,1-9H3,(H2,36,40)(H,37,41)(H,38,44). The predicted octanol–water partition coefficient (Wildman–Crippen LogP) is 4.42. The summed E-state index contributed by atoms with van der Waals surface area (Å²) >= 11 is 0. The van der Waals surface area contributed by atoms with Gasteiger partial charge in [-0.2, -0.15) is 0 Å². The molecule has 0 saturated heterocycles. The lowest BCUT2D eigenvalue weighted by molar-refractivity contribution is -0.159. The Balaban J connectivity index is 2.58. The number of esters is 1. The first-order valence-corrected chi connectivity index (χ1v) is 15.5. The van der Waals surface area contributed by atoms with Crippen molar-refractivity contribution in [3.63, 3.8) is 0 Å². The van der Waals surface area contributed by atoms with Crippen molar-refractivity contribution in [3.05, 3.63) is 70.8 Å². The molecule has 11 heteroatoms. The van der Waals surface area contributed by atoms with E-state index in [1.165, 1.54) is 4.90 Å². The molecule has 0 bridgehead atoms. The van der Waals surface area contributed by atoms with E-state index >= 15 is 0 Å². The molecule has 2 aromatic carbocycles. The maximum absolute atomic E-state index is 14.3. The molecule has 0 aliphatic heterocycles. The van der Waals surface area contributed by atoms with Gasteiger partial charge >= 0.3 is 12.1 Å². The van der Waals surface area contributed by atoms with Gasteiger partial charge in [0.05, 0.1) is 0 Å². The van der Waals surface area contributed by atoms with E-state index in [9.17, 15) is 24.0 Å².